The van der Waals surface area contributed by atoms with Gasteiger partial charge in [-0.25, -0.2) is 4.68 Å². The predicted molar refractivity (Wildman–Crippen MR) is 87.2 cm³/mol. The third kappa shape index (κ3) is 2.33. The van der Waals surface area contributed by atoms with E-state index in [0.29, 0.717) is 13.0 Å². The smallest absolute Gasteiger partial charge is 0.226 e. The number of thiophene rings is 1. The van der Waals surface area contributed by atoms with Crippen LogP contribution in [0.3, 0.4) is 0 Å². The molecule has 0 saturated carbocycles. The number of hydrogen-bond donors (Lipinski definition) is 1. The number of fused-ring (bicyclic) bond motifs is 1. The first kappa shape index (κ1) is 13.3. The number of benzene rings is 1. The third-order valence-electron chi connectivity index (χ3n) is 4.01. The molecule has 22 heavy (non-hydrogen) atoms. The first-order chi connectivity index (χ1) is 10.8. The van der Waals surface area contributed by atoms with Crippen molar-refractivity contribution in [1.29, 1.82) is 0 Å². The molecule has 4 rings (SSSR count). The molecule has 0 aliphatic carbocycles. The second-order valence-corrected chi connectivity index (χ2v) is 6.23. The Balaban J connectivity index is 1.71. The summed E-state index contributed by atoms with van der Waals surface area (Å²) in [4.78, 5) is 12.1. The van der Waals surface area contributed by atoms with Gasteiger partial charge in [0.2, 0.25) is 5.91 Å². The fourth-order valence-electron chi connectivity index (χ4n) is 2.92. The molecular formula is C17H15N3OS. The zero-order valence-electron chi connectivity index (χ0n) is 11.9. The Morgan fingerprint density at radius 2 is 2.14 bits per heavy atom. The molecule has 3 heterocycles. The largest absolute Gasteiger partial charge is 0.311 e. The summed E-state index contributed by atoms with van der Waals surface area (Å²) in [7, 11) is 0. The lowest BCUT2D eigenvalue weighted by Crippen LogP contribution is -2.24. The van der Waals surface area contributed by atoms with Gasteiger partial charge in [-0.3, -0.25) is 4.79 Å². The van der Waals surface area contributed by atoms with E-state index in [1.54, 1.807) is 11.3 Å². The van der Waals surface area contributed by atoms with E-state index in [-0.39, 0.29) is 11.8 Å². The molecule has 1 aliphatic rings. The third-order valence-corrected chi connectivity index (χ3v) is 4.71. The van der Waals surface area contributed by atoms with Gasteiger partial charge in [0.15, 0.2) is 0 Å². The molecule has 1 aromatic carbocycles. The minimum absolute atomic E-state index is 0.0542. The lowest BCUT2D eigenvalue weighted by atomic mass is 9.89. The van der Waals surface area contributed by atoms with Crippen molar-refractivity contribution in [1.82, 2.24) is 9.78 Å². The second kappa shape index (κ2) is 5.42. The lowest BCUT2D eigenvalue weighted by molar-refractivity contribution is -0.116. The molecule has 0 spiro atoms. The molecule has 0 saturated heterocycles. The minimum atomic E-state index is 0.0542. The van der Waals surface area contributed by atoms with Gasteiger partial charge in [-0.1, -0.05) is 30.3 Å². The SMILES string of the molecule is O=C1C[C@@H](c2ccsc2)c2cnn(Cc3ccccc3)c2N1. The van der Waals surface area contributed by atoms with Crippen molar-refractivity contribution < 1.29 is 4.79 Å². The molecular weight excluding hydrogens is 294 g/mol. The summed E-state index contributed by atoms with van der Waals surface area (Å²) in [6, 6.07) is 12.2. The van der Waals surface area contributed by atoms with Crippen LogP contribution in [-0.2, 0) is 11.3 Å². The molecule has 2 aromatic heterocycles. The monoisotopic (exact) mass is 309 g/mol. The standard InChI is InChI=1S/C17H15N3OS/c21-16-8-14(13-6-7-22-11-13)15-9-18-20(17(15)19-16)10-12-4-2-1-3-5-12/h1-7,9,11,14H,8,10H2,(H,19,21)/t14-/m0/s1. The summed E-state index contributed by atoms with van der Waals surface area (Å²) in [5.74, 6) is 0.995. The number of aromatic nitrogens is 2. The average Bonchev–Trinajstić information content (AvgIpc) is 3.18. The number of hydrogen-bond acceptors (Lipinski definition) is 3. The zero-order valence-corrected chi connectivity index (χ0v) is 12.7. The summed E-state index contributed by atoms with van der Waals surface area (Å²) in [6.07, 6.45) is 2.38. The number of rotatable bonds is 3. The molecule has 5 heteroatoms. The summed E-state index contributed by atoms with van der Waals surface area (Å²) in [5, 5.41) is 11.6. The second-order valence-electron chi connectivity index (χ2n) is 5.45. The Kier molecular flexibility index (Phi) is 3.27. The molecule has 110 valence electrons. The molecule has 0 unspecified atom stereocenters. The number of nitrogens with one attached hydrogen (secondary N) is 1. The number of anilines is 1. The van der Waals surface area contributed by atoms with Crippen LogP contribution < -0.4 is 5.32 Å². The van der Waals surface area contributed by atoms with Crippen molar-refractivity contribution in [2.75, 3.05) is 5.32 Å². The van der Waals surface area contributed by atoms with Crippen LogP contribution in [0.1, 0.15) is 29.0 Å². The molecule has 4 nitrogen and oxygen atoms in total. The number of carbonyl (C=O) groups excluding carboxylic acids is 1. The number of carbonyl (C=O) groups is 1. The van der Waals surface area contributed by atoms with Crippen LogP contribution >= 0.6 is 11.3 Å². The van der Waals surface area contributed by atoms with E-state index in [1.165, 1.54) is 11.1 Å². The zero-order chi connectivity index (χ0) is 14.9. The van der Waals surface area contributed by atoms with Crippen molar-refractivity contribution in [2.24, 2.45) is 0 Å². The van der Waals surface area contributed by atoms with E-state index < -0.39 is 0 Å². The van der Waals surface area contributed by atoms with Crippen LogP contribution in [0.5, 0.6) is 0 Å². The summed E-state index contributed by atoms with van der Waals surface area (Å²) in [6.45, 7) is 0.660. The van der Waals surface area contributed by atoms with Crippen LogP contribution in [0.4, 0.5) is 5.82 Å². The maximum atomic E-state index is 12.1. The van der Waals surface area contributed by atoms with Crippen molar-refractivity contribution >= 4 is 23.1 Å². The Bertz CT molecular complexity index is 793. The summed E-state index contributed by atoms with van der Waals surface area (Å²) >= 11 is 1.66. The molecule has 1 N–H and O–H groups in total. The Morgan fingerprint density at radius 1 is 1.27 bits per heavy atom. The van der Waals surface area contributed by atoms with Gasteiger partial charge in [-0.05, 0) is 28.0 Å². The van der Waals surface area contributed by atoms with E-state index in [1.807, 2.05) is 29.1 Å². The molecule has 0 radical (unpaired) electrons. The van der Waals surface area contributed by atoms with E-state index in [9.17, 15) is 4.79 Å². The predicted octanol–water partition coefficient (Wildman–Crippen LogP) is 3.47. The molecule has 0 fully saturated rings. The van der Waals surface area contributed by atoms with E-state index >= 15 is 0 Å². The normalized spacial score (nSPS) is 17.1. The van der Waals surface area contributed by atoms with Gasteiger partial charge >= 0.3 is 0 Å². The highest BCUT2D eigenvalue weighted by Gasteiger charge is 2.30. The number of nitrogens with zero attached hydrogens (tertiary/aromatic N) is 2. The minimum Gasteiger partial charge on any atom is -0.311 e. The quantitative estimate of drug-likeness (QED) is 0.805. The first-order valence-electron chi connectivity index (χ1n) is 7.23. The van der Waals surface area contributed by atoms with Gasteiger partial charge in [0, 0.05) is 17.9 Å². The van der Waals surface area contributed by atoms with Gasteiger partial charge < -0.3 is 5.32 Å². The van der Waals surface area contributed by atoms with Crippen LogP contribution in [0.2, 0.25) is 0 Å². The molecule has 1 amide bonds. The van der Waals surface area contributed by atoms with Crippen LogP contribution in [0, 0.1) is 0 Å². The van der Waals surface area contributed by atoms with Gasteiger partial charge in [0.1, 0.15) is 5.82 Å². The van der Waals surface area contributed by atoms with E-state index in [4.69, 9.17) is 0 Å². The van der Waals surface area contributed by atoms with Crippen molar-refractivity contribution in [3.05, 3.63) is 70.0 Å². The summed E-state index contributed by atoms with van der Waals surface area (Å²) < 4.78 is 1.88. The highest BCUT2D eigenvalue weighted by atomic mass is 32.1. The molecule has 1 aliphatic heterocycles. The fraction of sp³-hybridized carbons (Fsp3) is 0.176. The fourth-order valence-corrected chi connectivity index (χ4v) is 3.63. The lowest BCUT2D eigenvalue weighted by Gasteiger charge is -2.23. The Labute approximate surface area is 132 Å². The maximum Gasteiger partial charge on any atom is 0.226 e. The van der Waals surface area contributed by atoms with Gasteiger partial charge in [0.25, 0.3) is 0 Å². The van der Waals surface area contributed by atoms with Crippen LogP contribution in [0.15, 0.2) is 53.4 Å². The Hall–Kier alpha value is -2.40. The van der Waals surface area contributed by atoms with Gasteiger partial charge in [0.05, 0.1) is 12.7 Å². The van der Waals surface area contributed by atoms with Crippen molar-refractivity contribution in [2.45, 2.75) is 18.9 Å². The first-order valence-corrected chi connectivity index (χ1v) is 8.17. The van der Waals surface area contributed by atoms with Crippen LogP contribution in [0.25, 0.3) is 0 Å². The van der Waals surface area contributed by atoms with Crippen LogP contribution in [-0.4, -0.2) is 15.7 Å². The van der Waals surface area contributed by atoms with E-state index in [0.717, 1.165) is 11.4 Å². The number of amides is 1. The van der Waals surface area contributed by atoms with Gasteiger partial charge in [-0.15, -0.1) is 0 Å². The molecule has 1 atom stereocenters. The van der Waals surface area contributed by atoms with E-state index in [2.05, 4.69) is 39.4 Å². The Morgan fingerprint density at radius 3 is 2.91 bits per heavy atom. The molecule has 0 bridgehead atoms. The van der Waals surface area contributed by atoms with Crippen molar-refractivity contribution in [3.63, 3.8) is 0 Å². The molecule has 3 aromatic rings. The highest BCUT2D eigenvalue weighted by molar-refractivity contribution is 7.08. The van der Waals surface area contributed by atoms with Crippen molar-refractivity contribution in [3.8, 4) is 0 Å². The maximum absolute atomic E-state index is 12.1. The topological polar surface area (TPSA) is 46.9 Å². The summed E-state index contributed by atoms with van der Waals surface area (Å²) in [5.41, 5.74) is 3.47. The highest BCUT2D eigenvalue weighted by Crippen LogP contribution is 2.37. The van der Waals surface area contributed by atoms with Gasteiger partial charge in [-0.2, -0.15) is 16.4 Å². The average molecular weight is 309 g/mol.